The van der Waals surface area contributed by atoms with E-state index in [1.54, 1.807) is 12.1 Å². The lowest BCUT2D eigenvalue weighted by molar-refractivity contribution is 0.465. The summed E-state index contributed by atoms with van der Waals surface area (Å²) in [6.07, 6.45) is 0. The molecule has 0 aliphatic carbocycles. The zero-order valence-electron chi connectivity index (χ0n) is 9.66. The van der Waals surface area contributed by atoms with E-state index in [0.29, 0.717) is 11.3 Å². The van der Waals surface area contributed by atoms with Gasteiger partial charge >= 0.3 is 0 Å². The lowest BCUT2D eigenvalue weighted by atomic mass is 10.2. The Hall–Kier alpha value is -1.93. The van der Waals surface area contributed by atoms with Crippen LogP contribution in [0, 0.1) is 23.0 Å². The Morgan fingerprint density at radius 3 is 2.58 bits per heavy atom. The molecule has 0 unspecified atom stereocenters. The van der Waals surface area contributed by atoms with Gasteiger partial charge in [0.05, 0.1) is 5.56 Å². The number of ether oxygens (including phenoxy) is 1. The Labute approximate surface area is 117 Å². The quantitative estimate of drug-likeness (QED) is 0.778. The molecule has 96 valence electrons. The number of nitriles is 1. The van der Waals surface area contributed by atoms with E-state index in [1.807, 2.05) is 0 Å². The van der Waals surface area contributed by atoms with Crippen LogP contribution in [-0.2, 0) is 5.33 Å². The SMILES string of the molecule is N#Cc1ccc(Oc2cccc(F)c2CBr)cc1F. The van der Waals surface area contributed by atoms with Crippen molar-refractivity contribution in [3.63, 3.8) is 0 Å². The summed E-state index contributed by atoms with van der Waals surface area (Å²) in [7, 11) is 0. The molecule has 0 aliphatic rings. The molecule has 0 N–H and O–H groups in total. The molecule has 0 radical (unpaired) electrons. The second-order valence-electron chi connectivity index (χ2n) is 3.71. The maximum Gasteiger partial charge on any atom is 0.144 e. The molecule has 2 rings (SSSR count). The zero-order chi connectivity index (χ0) is 13.8. The molecule has 0 saturated heterocycles. The average Bonchev–Trinajstić information content (AvgIpc) is 2.39. The van der Waals surface area contributed by atoms with Crippen molar-refractivity contribution in [2.75, 3.05) is 0 Å². The monoisotopic (exact) mass is 323 g/mol. The molecule has 2 aromatic rings. The van der Waals surface area contributed by atoms with E-state index in [0.717, 1.165) is 6.07 Å². The van der Waals surface area contributed by atoms with Gasteiger partial charge in [-0.1, -0.05) is 22.0 Å². The van der Waals surface area contributed by atoms with Crippen LogP contribution in [-0.4, -0.2) is 0 Å². The van der Waals surface area contributed by atoms with Gasteiger partial charge in [0.1, 0.15) is 29.2 Å². The van der Waals surface area contributed by atoms with E-state index < -0.39 is 11.6 Å². The Kier molecular flexibility index (Phi) is 4.13. The second-order valence-corrected chi connectivity index (χ2v) is 4.27. The van der Waals surface area contributed by atoms with Crippen molar-refractivity contribution in [2.24, 2.45) is 0 Å². The summed E-state index contributed by atoms with van der Waals surface area (Å²) in [6.45, 7) is 0. The number of halogens is 3. The van der Waals surface area contributed by atoms with Crippen LogP contribution in [0.1, 0.15) is 11.1 Å². The van der Waals surface area contributed by atoms with E-state index in [9.17, 15) is 8.78 Å². The summed E-state index contributed by atoms with van der Waals surface area (Å²) in [4.78, 5) is 0. The topological polar surface area (TPSA) is 33.0 Å². The fourth-order valence-electron chi connectivity index (χ4n) is 1.54. The number of alkyl halides is 1. The van der Waals surface area contributed by atoms with Gasteiger partial charge in [0.15, 0.2) is 0 Å². The van der Waals surface area contributed by atoms with Crippen molar-refractivity contribution >= 4 is 15.9 Å². The Bertz CT molecular complexity index is 652. The van der Waals surface area contributed by atoms with Gasteiger partial charge in [-0.3, -0.25) is 0 Å². The van der Waals surface area contributed by atoms with Crippen molar-refractivity contribution in [1.82, 2.24) is 0 Å². The average molecular weight is 324 g/mol. The second kappa shape index (κ2) is 5.81. The fourth-order valence-corrected chi connectivity index (χ4v) is 2.09. The van der Waals surface area contributed by atoms with E-state index in [1.165, 1.54) is 24.3 Å². The maximum atomic E-state index is 13.5. The predicted molar refractivity (Wildman–Crippen MR) is 70.2 cm³/mol. The van der Waals surface area contributed by atoms with E-state index >= 15 is 0 Å². The molecular weight excluding hydrogens is 316 g/mol. The van der Waals surface area contributed by atoms with Gasteiger partial charge in [0.25, 0.3) is 0 Å². The lowest BCUT2D eigenvalue weighted by Crippen LogP contribution is -1.94. The summed E-state index contributed by atoms with van der Waals surface area (Å²) in [5.41, 5.74) is 0.291. The molecule has 0 spiro atoms. The Balaban J connectivity index is 2.34. The number of nitrogens with zero attached hydrogens (tertiary/aromatic N) is 1. The first kappa shape index (κ1) is 13.5. The van der Waals surface area contributed by atoms with E-state index in [4.69, 9.17) is 10.00 Å². The summed E-state index contributed by atoms with van der Waals surface area (Å²) in [5.74, 6) is -0.550. The zero-order valence-corrected chi connectivity index (χ0v) is 11.2. The minimum absolute atomic E-state index is 0.0627. The summed E-state index contributed by atoms with van der Waals surface area (Å²) < 4.78 is 32.4. The van der Waals surface area contributed by atoms with Crippen molar-refractivity contribution in [3.8, 4) is 17.6 Å². The first-order valence-electron chi connectivity index (χ1n) is 5.36. The number of hydrogen-bond donors (Lipinski definition) is 0. The fraction of sp³-hybridized carbons (Fsp3) is 0.0714. The number of hydrogen-bond acceptors (Lipinski definition) is 2. The van der Waals surface area contributed by atoms with Gasteiger partial charge in [-0.05, 0) is 24.3 Å². The third kappa shape index (κ3) is 2.91. The highest BCUT2D eigenvalue weighted by molar-refractivity contribution is 9.08. The summed E-state index contributed by atoms with van der Waals surface area (Å²) >= 11 is 3.17. The third-order valence-electron chi connectivity index (χ3n) is 2.50. The van der Waals surface area contributed by atoms with Crippen LogP contribution >= 0.6 is 15.9 Å². The van der Waals surface area contributed by atoms with Crippen LogP contribution in [0.3, 0.4) is 0 Å². The third-order valence-corrected chi connectivity index (χ3v) is 3.06. The largest absolute Gasteiger partial charge is 0.457 e. The molecular formula is C14H8BrF2NO. The molecule has 0 heterocycles. The number of benzene rings is 2. The smallest absolute Gasteiger partial charge is 0.144 e. The Morgan fingerprint density at radius 2 is 1.95 bits per heavy atom. The molecule has 0 aliphatic heterocycles. The maximum absolute atomic E-state index is 13.5. The standard InChI is InChI=1S/C14H8BrF2NO/c15-7-11-12(16)2-1-3-14(11)19-10-5-4-9(8-18)13(17)6-10/h1-6H,7H2. The molecule has 0 fully saturated rings. The van der Waals surface area contributed by atoms with Gasteiger partial charge in [0, 0.05) is 17.0 Å². The molecule has 0 amide bonds. The molecule has 0 atom stereocenters. The molecule has 19 heavy (non-hydrogen) atoms. The van der Waals surface area contributed by atoms with Crippen LogP contribution in [0.5, 0.6) is 11.5 Å². The van der Waals surface area contributed by atoms with E-state index in [-0.39, 0.29) is 16.6 Å². The van der Waals surface area contributed by atoms with Gasteiger partial charge in [0.2, 0.25) is 0 Å². The van der Waals surface area contributed by atoms with Gasteiger partial charge in [-0.15, -0.1) is 0 Å². The van der Waals surface area contributed by atoms with Crippen LogP contribution in [0.15, 0.2) is 36.4 Å². The highest BCUT2D eigenvalue weighted by Crippen LogP contribution is 2.29. The van der Waals surface area contributed by atoms with Crippen molar-refractivity contribution in [1.29, 1.82) is 5.26 Å². The molecule has 2 nitrogen and oxygen atoms in total. The van der Waals surface area contributed by atoms with Crippen molar-refractivity contribution in [2.45, 2.75) is 5.33 Å². The summed E-state index contributed by atoms with van der Waals surface area (Å²) in [5, 5.41) is 8.92. The molecule has 0 bridgehead atoms. The lowest BCUT2D eigenvalue weighted by Gasteiger charge is -2.10. The van der Waals surface area contributed by atoms with Gasteiger partial charge < -0.3 is 4.74 Å². The van der Waals surface area contributed by atoms with Crippen molar-refractivity contribution in [3.05, 3.63) is 59.2 Å². The first-order chi connectivity index (χ1) is 9.15. The van der Waals surface area contributed by atoms with Gasteiger partial charge in [-0.25, -0.2) is 8.78 Å². The van der Waals surface area contributed by atoms with Gasteiger partial charge in [-0.2, -0.15) is 5.26 Å². The van der Waals surface area contributed by atoms with Crippen LogP contribution in [0.25, 0.3) is 0 Å². The normalized spacial score (nSPS) is 10.0. The molecule has 2 aromatic carbocycles. The predicted octanol–water partition coefficient (Wildman–Crippen LogP) is 4.52. The molecule has 0 aromatic heterocycles. The first-order valence-corrected chi connectivity index (χ1v) is 6.48. The van der Waals surface area contributed by atoms with Crippen molar-refractivity contribution < 1.29 is 13.5 Å². The Morgan fingerprint density at radius 1 is 1.16 bits per heavy atom. The minimum atomic E-state index is -0.670. The van der Waals surface area contributed by atoms with E-state index in [2.05, 4.69) is 15.9 Å². The van der Waals surface area contributed by atoms with Crippen LogP contribution < -0.4 is 4.74 Å². The molecule has 5 heteroatoms. The highest BCUT2D eigenvalue weighted by atomic mass is 79.9. The minimum Gasteiger partial charge on any atom is -0.457 e. The summed E-state index contributed by atoms with van der Waals surface area (Å²) in [6, 6.07) is 10.0. The van der Waals surface area contributed by atoms with Crippen LogP contribution in [0.4, 0.5) is 8.78 Å². The number of rotatable bonds is 3. The highest BCUT2D eigenvalue weighted by Gasteiger charge is 2.10. The van der Waals surface area contributed by atoms with Crippen LogP contribution in [0.2, 0.25) is 0 Å². The molecule has 0 saturated carbocycles.